The minimum absolute atomic E-state index is 0.607. The molecule has 0 aliphatic carbocycles. The molecule has 0 amide bonds. The molecule has 0 aromatic heterocycles. The predicted molar refractivity (Wildman–Crippen MR) is 75.0 cm³/mol. The van der Waals surface area contributed by atoms with Crippen LogP contribution in [0.25, 0.3) is 5.57 Å². The Kier molecular flexibility index (Phi) is 4.14. The second-order valence-corrected chi connectivity index (χ2v) is 4.16. The smallest absolute Gasteiger partial charge is 0.104 e. The fourth-order valence-electron chi connectivity index (χ4n) is 1.72. The lowest BCUT2D eigenvalue weighted by Gasteiger charge is -2.03. The zero-order valence-corrected chi connectivity index (χ0v) is 10.4. The van der Waals surface area contributed by atoms with Crippen molar-refractivity contribution in [1.82, 2.24) is 0 Å². The van der Waals surface area contributed by atoms with Crippen LogP contribution in [-0.2, 0) is 0 Å². The van der Waals surface area contributed by atoms with Gasteiger partial charge in [-0.3, -0.25) is 0 Å². The van der Waals surface area contributed by atoms with Crippen molar-refractivity contribution in [3.8, 4) is 0 Å². The van der Waals surface area contributed by atoms with E-state index in [2.05, 4.69) is 5.73 Å². The topological polar surface area (TPSA) is 20.2 Å². The van der Waals surface area contributed by atoms with Gasteiger partial charge in [-0.2, -0.15) is 0 Å². The first-order chi connectivity index (χ1) is 8.77. The van der Waals surface area contributed by atoms with Gasteiger partial charge >= 0.3 is 0 Å². The standard InChI is InChI=1S/C17H16O/c1-14(15-8-4-2-5-9-15)12-13-17(18)16-10-6-3-7-11-16/h2-11,13,17-18H,1H3. The van der Waals surface area contributed by atoms with E-state index >= 15 is 0 Å². The molecule has 1 N–H and O–H groups in total. The quantitative estimate of drug-likeness (QED) is 0.799. The van der Waals surface area contributed by atoms with Crippen LogP contribution >= 0.6 is 0 Å². The number of aliphatic hydroxyl groups is 1. The van der Waals surface area contributed by atoms with Gasteiger partial charge in [0.1, 0.15) is 6.10 Å². The highest BCUT2D eigenvalue weighted by Crippen LogP contribution is 2.15. The molecule has 0 saturated carbocycles. The highest BCUT2D eigenvalue weighted by Gasteiger charge is 2.00. The third kappa shape index (κ3) is 3.21. The molecule has 0 radical (unpaired) electrons. The Labute approximate surface area is 108 Å². The number of hydrogen-bond acceptors (Lipinski definition) is 1. The average Bonchev–Trinajstić information content (AvgIpc) is 2.46. The van der Waals surface area contributed by atoms with E-state index in [-0.39, 0.29) is 0 Å². The maximum atomic E-state index is 9.98. The summed E-state index contributed by atoms with van der Waals surface area (Å²) in [6.07, 6.45) is 1.09. The summed E-state index contributed by atoms with van der Waals surface area (Å²) < 4.78 is 0. The lowest BCUT2D eigenvalue weighted by atomic mass is 10.1. The van der Waals surface area contributed by atoms with Crippen LogP contribution in [0.15, 0.2) is 72.5 Å². The molecule has 0 spiro atoms. The molecule has 0 aliphatic rings. The molecule has 0 heterocycles. The van der Waals surface area contributed by atoms with E-state index in [1.54, 1.807) is 6.08 Å². The van der Waals surface area contributed by atoms with Crippen LogP contribution < -0.4 is 0 Å². The van der Waals surface area contributed by atoms with E-state index in [1.807, 2.05) is 67.6 Å². The van der Waals surface area contributed by atoms with Gasteiger partial charge in [-0.1, -0.05) is 60.7 Å². The second kappa shape index (κ2) is 6.02. The van der Waals surface area contributed by atoms with Gasteiger partial charge < -0.3 is 5.11 Å². The first kappa shape index (κ1) is 12.4. The lowest BCUT2D eigenvalue weighted by molar-refractivity contribution is 0.229. The van der Waals surface area contributed by atoms with Crippen molar-refractivity contribution in [2.75, 3.05) is 0 Å². The summed E-state index contributed by atoms with van der Waals surface area (Å²) in [5.41, 5.74) is 6.16. The van der Waals surface area contributed by atoms with Crippen LogP contribution in [0, 0.1) is 0 Å². The van der Waals surface area contributed by atoms with Crippen molar-refractivity contribution in [1.29, 1.82) is 0 Å². The van der Waals surface area contributed by atoms with Gasteiger partial charge in [0.25, 0.3) is 0 Å². The molecule has 1 unspecified atom stereocenters. The fourth-order valence-corrected chi connectivity index (χ4v) is 1.72. The van der Waals surface area contributed by atoms with Crippen LogP contribution in [0.1, 0.15) is 24.2 Å². The molecular weight excluding hydrogens is 220 g/mol. The number of aliphatic hydroxyl groups excluding tert-OH is 1. The van der Waals surface area contributed by atoms with Gasteiger partial charge in [-0.25, -0.2) is 0 Å². The summed E-state index contributed by atoms with van der Waals surface area (Å²) in [5.74, 6) is 0. The summed E-state index contributed by atoms with van der Waals surface area (Å²) in [4.78, 5) is 0. The molecule has 0 saturated heterocycles. The molecule has 2 aromatic rings. The van der Waals surface area contributed by atoms with E-state index in [4.69, 9.17) is 0 Å². The number of rotatable bonds is 3. The molecule has 1 heteroatoms. The molecule has 18 heavy (non-hydrogen) atoms. The van der Waals surface area contributed by atoms with Crippen LogP contribution in [0.4, 0.5) is 0 Å². The molecule has 1 atom stereocenters. The molecule has 0 fully saturated rings. The maximum absolute atomic E-state index is 9.98. The van der Waals surface area contributed by atoms with Crippen LogP contribution in [0.3, 0.4) is 0 Å². The molecule has 2 rings (SSSR count). The molecule has 0 bridgehead atoms. The monoisotopic (exact) mass is 236 g/mol. The Bertz CT molecular complexity index is 549. The van der Waals surface area contributed by atoms with Crippen molar-refractivity contribution in [2.24, 2.45) is 0 Å². The normalized spacial score (nSPS) is 11.4. The van der Waals surface area contributed by atoms with Crippen molar-refractivity contribution in [3.63, 3.8) is 0 Å². The van der Waals surface area contributed by atoms with E-state index < -0.39 is 6.10 Å². The van der Waals surface area contributed by atoms with Crippen LogP contribution in [-0.4, -0.2) is 5.11 Å². The third-order valence-corrected chi connectivity index (χ3v) is 2.81. The lowest BCUT2D eigenvalue weighted by Crippen LogP contribution is -1.91. The first-order valence-electron chi connectivity index (χ1n) is 5.99. The second-order valence-electron chi connectivity index (χ2n) is 4.16. The number of benzene rings is 2. The third-order valence-electron chi connectivity index (χ3n) is 2.81. The molecular formula is C17H16O. The summed E-state index contributed by atoms with van der Waals surface area (Å²) >= 11 is 0. The molecule has 90 valence electrons. The summed E-state index contributed by atoms with van der Waals surface area (Å²) in [6, 6.07) is 19.6. The van der Waals surface area contributed by atoms with Crippen LogP contribution in [0.5, 0.6) is 0 Å². The van der Waals surface area contributed by atoms with Crippen LogP contribution in [0.2, 0.25) is 0 Å². The van der Waals surface area contributed by atoms with E-state index in [0.717, 1.165) is 16.7 Å². The SMILES string of the molecule is CC(=C=CC(O)c1ccccc1)c1ccccc1. The summed E-state index contributed by atoms with van der Waals surface area (Å²) in [6.45, 7) is 1.99. The zero-order chi connectivity index (χ0) is 12.8. The Hall–Kier alpha value is -2.08. The largest absolute Gasteiger partial charge is 0.384 e. The fraction of sp³-hybridized carbons (Fsp3) is 0.118. The van der Waals surface area contributed by atoms with Gasteiger partial charge in [0, 0.05) is 0 Å². The highest BCUT2D eigenvalue weighted by atomic mass is 16.3. The van der Waals surface area contributed by atoms with E-state index in [9.17, 15) is 5.11 Å². The molecule has 0 aliphatic heterocycles. The first-order valence-corrected chi connectivity index (χ1v) is 5.99. The molecule has 2 aromatic carbocycles. The zero-order valence-electron chi connectivity index (χ0n) is 10.4. The van der Waals surface area contributed by atoms with Crippen molar-refractivity contribution in [2.45, 2.75) is 13.0 Å². The predicted octanol–water partition coefficient (Wildman–Crippen LogP) is 3.98. The Morgan fingerprint density at radius 3 is 2.17 bits per heavy atom. The van der Waals surface area contributed by atoms with Crippen molar-refractivity contribution >= 4 is 5.57 Å². The van der Waals surface area contributed by atoms with E-state index in [0.29, 0.717) is 0 Å². The van der Waals surface area contributed by atoms with Crippen molar-refractivity contribution < 1.29 is 5.11 Å². The summed E-state index contributed by atoms with van der Waals surface area (Å²) in [7, 11) is 0. The Morgan fingerprint density at radius 2 is 1.56 bits per heavy atom. The minimum Gasteiger partial charge on any atom is -0.384 e. The number of hydrogen-bond donors (Lipinski definition) is 1. The Balaban J connectivity index is 2.20. The maximum Gasteiger partial charge on any atom is 0.104 e. The minimum atomic E-state index is -0.607. The Morgan fingerprint density at radius 1 is 1.00 bits per heavy atom. The van der Waals surface area contributed by atoms with Crippen molar-refractivity contribution in [3.05, 3.63) is 83.6 Å². The van der Waals surface area contributed by atoms with Gasteiger partial charge in [0.2, 0.25) is 0 Å². The highest BCUT2D eigenvalue weighted by molar-refractivity contribution is 5.62. The average molecular weight is 236 g/mol. The van der Waals surface area contributed by atoms with Gasteiger partial charge in [-0.05, 0) is 29.7 Å². The van der Waals surface area contributed by atoms with E-state index in [1.165, 1.54) is 0 Å². The van der Waals surface area contributed by atoms with Gasteiger partial charge in [-0.15, -0.1) is 5.73 Å². The summed E-state index contributed by atoms with van der Waals surface area (Å²) in [5, 5.41) is 9.98. The van der Waals surface area contributed by atoms with Gasteiger partial charge in [0.15, 0.2) is 0 Å². The molecule has 1 nitrogen and oxygen atoms in total. The van der Waals surface area contributed by atoms with Gasteiger partial charge in [0.05, 0.1) is 0 Å².